The van der Waals surface area contributed by atoms with E-state index in [1.165, 1.54) is 0 Å². The predicted octanol–water partition coefficient (Wildman–Crippen LogP) is 4.80. The fourth-order valence-corrected chi connectivity index (χ4v) is 4.15. The van der Waals surface area contributed by atoms with Gasteiger partial charge in [-0.15, -0.1) is 0 Å². The van der Waals surface area contributed by atoms with Gasteiger partial charge in [0, 0.05) is 30.6 Å². The maximum Gasteiger partial charge on any atom is 0.254 e. The van der Waals surface area contributed by atoms with Crippen molar-refractivity contribution in [2.75, 3.05) is 13.1 Å². The Balaban J connectivity index is 1.59. The van der Waals surface area contributed by atoms with Crippen LogP contribution in [0, 0.1) is 12.8 Å². The SMILES string of the molecule is Cc1cc(C(=O)N2CCCC(c3nc(CC(C)C)no3)C2)c2cccc(Cl)c2n1. The molecular formula is C22H25ClN4O2. The highest BCUT2D eigenvalue weighted by molar-refractivity contribution is 6.35. The first-order valence-corrected chi connectivity index (χ1v) is 10.5. The molecule has 3 aromatic rings. The van der Waals surface area contributed by atoms with E-state index in [-0.39, 0.29) is 11.8 Å². The summed E-state index contributed by atoms with van der Waals surface area (Å²) in [6, 6.07) is 7.40. The normalized spacial score (nSPS) is 17.3. The lowest BCUT2D eigenvalue weighted by Gasteiger charge is -2.31. The second-order valence-electron chi connectivity index (χ2n) is 8.18. The molecular weight excluding hydrogens is 388 g/mol. The summed E-state index contributed by atoms with van der Waals surface area (Å²) in [4.78, 5) is 24.4. The standard InChI is InChI=1S/C22H25ClN4O2/c1-13(2)10-19-25-21(29-26-19)15-6-5-9-27(12-15)22(28)17-11-14(3)24-20-16(17)7-4-8-18(20)23/h4,7-8,11,13,15H,5-6,9-10,12H2,1-3H3. The highest BCUT2D eigenvalue weighted by Crippen LogP contribution is 2.30. The molecule has 1 aliphatic rings. The minimum Gasteiger partial charge on any atom is -0.339 e. The van der Waals surface area contributed by atoms with Crippen LogP contribution in [0.4, 0.5) is 0 Å². The summed E-state index contributed by atoms with van der Waals surface area (Å²) >= 11 is 6.32. The Kier molecular flexibility index (Phi) is 5.54. The molecule has 1 unspecified atom stereocenters. The van der Waals surface area contributed by atoms with Gasteiger partial charge in [0.05, 0.1) is 22.0 Å². The highest BCUT2D eigenvalue weighted by atomic mass is 35.5. The Hall–Kier alpha value is -2.47. The molecule has 1 amide bonds. The third kappa shape index (κ3) is 4.13. The van der Waals surface area contributed by atoms with Crippen molar-refractivity contribution >= 4 is 28.4 Å². The quantitative estimate of drug-likeness (QED) is 0.615. The van der Waals surface area contributed by atoms with Gasteiger partial charge in [0.15, 0.2) is 5.82 Å². The summed E-state index contributed by atoms with van der Waals surface area (Å²) in [6.07, 6.45) is 2.64. The number of halogens is 1. The summed E-state index contributed by atoms with van der Waals surface area (Å²) < 4.78 is 5.52. The van der Waals surface area contributed by atoms with E-state index in [2.05, 4.69) is 29.0 Å². The molecule has 0 bridgehead atoms. The van der Waals surface area contributed by atoms with Gasteiger partial charge in [-0.05, 0) is 37.8 Å². The number of carbonyl (C=O) groups excluding carboxylic acids is 1. The number of piperidine rings is 1. The van der Waals surface area contributed by atoms with Crippen LogP contribution in [0.15, 0.2) is 28.8 Å². The molecule has 3 heterocycles. The lowest BCUT2D eigenvalue weighted by molar-refractivity contribution is 0.0697. The molecule has 0 saturated carbocycles. The van der Waals surface area contributed by atoms with Crippen LogP contribution in [-0.2, 0) is 6.42 Å². The number of amides is 1. The molecule has 4 rings (SSSR count). The van der Waals surface area contributed by atoms with Crippen molar-refractivity contribution in [2.24, 2.45) is 5.92 Å². The molecule has 0 spiro atoms. The summed E-state index contributed by atoms with van der Waals surface area (Å²) in [6.45, 7) is 7.43. The minimum absolute atomic E-state index is 0.00520. The van der Waals surface area contributed by atoms with E-state index in [1.807, 2.05) is 30.0 Å². The van der Waals surface area contributed by atoms with Crippen LogP contribution in [0.3, 0.4) is 0 Å². The molecule has 6 nitrogen and oxygen atoms in total. The molecule has 0 aliphatic carbocycles. The van der Waals surface area contributed by atoms with Gasteiger partial charge in [-0.2, -0.15) is 4.98 Å². The monoisotopic (exact) mass is 412 g/mol. The molecule has 1 saturated heterocycles. The largest absolute Gasteiger partial charge is 0.339 e. The number of carbonyl (C=O) groups is 1. The zero-order valence-corrected chi connectivity index (χ0v) is 17.7. The number of fused-ring (bicyclic) bond motifs is 1. The van der Waals surface area contributed by atoms with Crippen molar-refractivity contribution in [3.63, 3.8) is 0 Å². The predicted molar refractivity (Wildman–Crippen MR) is 112 cm³/mol. The third-order valence-electron chi connectivity index (χ3n) is 5.28. The van der Waals surface area contributed by atoms with Crippen LogP contribution in [0.25, 0.3) is 10.9 Å². The molecule has 1 fully saturated rings. The number of nitrogens with zero attached hydrogens (tertiary/aromatic N) is 4. The van der Waals surface area contributed by atoms with Crippen LogP contribution in [-0.4, -0.2) is 39.0 Å². The Morgan fingerprint density at radius 1 is 1.34 bits per heavy atom. The second-order valence-corrected chi connectivity index (χ2v) is 8.59. The van der Waals surface area contributed by atoms with Crippen LogP contribution < -0.4 is 0 Å². The lowest BCUT2D eigenvalue weighted by Crippen LogP contribution is -2.39. The van der Waals surface area contributed by atoms with Gasteiger partial charge in [0.25, 0.3) is 5.91 Å². The molecule has 1 aliphatic heterocycles. The number of benzene rings is 1. The molecule has 2 aromatic heterocycles. The third-order valence-corrected chi connectivity index (χ3v) is 5.59. The fraction of sp³-hybridized carbons (Fsp3) is 0.455. The molecule has 7 heteroatoms. The van der Waals surface area contributed by atoms with Crippen LogP contribution in [0.2, 0.25) is 5.02 Å². The van der Waals surface area contributed by atoms with E-state index in [1.54, 1.807) is 6.07 Å². The average Bonchev–Trinajstić information content (AvgIpc) is 3.15. The number of hydrogen-bond donors (Lipinski definition) is 0. The number of aryl methyl sites for hydroxylation is 1. The zero-order chi connectivity index (χ0) is 20.5. The molecule has 0 N–H and O–H groups in total. The maximum atomic E-state index is 13.4. The van der Waals surface area contributed by atoms with Crippen LogP contribution in [0.1, 0.15) is 60.4 Å². The van der Waals surface area contributed by atoms with E-state index < -0.39 is 0 Å². The Bertz CT molecular complexity index is 1050. The van der Waals surface area contributed by atoms with E-state index in [9.17, 15) is 4.79 Å². The Labute approximate surface area is 175 Å². The van der Waals surface area contributed by atoms with Crippen LogP contribution >= 0.6 is 11.6 Å². The van der Waals surface area contributed by atoms with Gasteiger partial charge < -0.3 is 9.42 Å². The van der Waals surface area contributed by atoms with Gasteiger partial charge in [0.1, 0.15) is 0 Å². The Morgan fingerprint density at radius 3 is 2.97 bits per heavy atom. The van der Waals surface area contributed by atoms with E-state index >= 15 is 0 Å². The minimum atomic E-state index is -0.00520. The van der Waals surface area contributed by atoms with Gasteiger partial charge in [-0.3, -0.25) is 9.78 Å². The molecule has 1 atom stereocenters. The van der Waals surface area contributed by atoms with Gasteiger partial charge in [0.2, 0.25) is 5.89 Å². The first-order chi connectivity index (χ1) is 13.9. The summed E-state index contributed by atoms with van der Waals surface area (Å²) in [5.41, 5.74) is 2.08. The molecule has 1 aromatic carbocycles. The number of para-hydroxylation sites is 1. The fourth-order valence-electron chi connectivity index (χ4n) is 3.93. The summed E-state index contributed by atoms with van der Waals surface area (Å²) in [5.74, 6) is 1.91. The number of rotatable bonds is 4. The van der Waals surface area contributed by atoms with E-state index in [0.29, 0.717) is 41.0 Å². The zero-order valence-electron chi connectivity index (χ0n) is 17.0. The molecule has 29 heavy (non-hydrogen) atoms. The number of hydrogen-bond acceptors (Lipinski definition) is 5. The number of likely N-dealkylation sites (tertiary alicyclic amines) is 1. The van der Waals surface area contributed by atoms with Gasteiger partial charge in [-0.1, -0.05) is 42.7 Å². The molecule has 0 radical (unpaired) electrons. The van der Waals surface area contributed by atoms with Crippen molar-refractivity contribution in [1.29, 1.82) is 0 Å². The maximum absolute atomic E-state index is 13.4. The average molecular weight is 413 g/mol. The smallest absolute Gasteiger partial charge is 0.254 e. The molecule has 152 valence electrons. The summed E-state index contributed by atoms with van der Waals surface area (Å²) in [5, 5.41) is 5.45. The van der Waals surface area contributed by atoms with Crippen LogP contribution in [0.5, 0.6) is 0 Å². The lowest BCUT2D eigenvalue weighted by atomic mass is 9.96. The summed E-state index contributed by atoms with van der Waals surface area (Å²) in [7, 11) is 0. The van der Waals surface area contributed by atoms with Crippen molar-refractivity contribution in [2.45, 2.75) is 46.0 Å². The first-order valence-electron chi connectivity index (χ1n) is 10.1. The topological polar surface area (TPSA) is 72.1 Å². The number of pyridine rings is 1. The van der Waals surface area contributed by atoms with Crippen molar-refractivity contribution < 1.29 is 9.32 Å². The van der Waals surface area contributed by atoms with E-state index in [4.69, 9.17) is 16.1 Å². The van der Waals surface area contributed by atoms with Crippen molar-refractivity contribution in [3.05, 3.63) is 52.3 Å². The first kappa shape index (κ1) is 19.8. The highest BCUT2D eigenvalue weighted by Gasteiger charge is 2.30. The second kappa shape index (κ2) is 8.11. The Morgan fingerprint density at radius 2 is 2.17 bits per heavy atom. The van der Waals surface area contributed by atoms with Crippen molar-refractivity contribution in [3.8, 4) is 0 Å². The van der Waals surface area contributed by atoms with E-state index in [0.717, 1.165) is 36.2 Å². The van der Waals surface area contributed by atoms with Gasteiger partial charge >= 0.3 is 0 Å². The number of aromatic nitrogens is 3. The van der Waals surface area contributed by atoms with Gasteiger partial charge in [-0.25, -0.2) is 0 Å². The van der Waals surface area contributed by atoms with Crippen molar-refractivity contribution in [1.82, 2.24) is 20.0 Å².